The van der Waals surface area contributed by atoms with Crippen LogP contribution in [0.1, 0.15) is 31.9 Å². The van der Waals surface area contributed by atoms with Crippen LogP contribution in [-0.4, -0.2) is 25.5 Å². The molecule has 2 rings (SSSR count). The van der Waals surface area contributed by atoms with E-state index in [2.05, 4.69) is 5.32 Å². The van der Waals surface area contributed by atoms with Crippen LogP contribution in [-0.2, 0) is 9.84 Å². The molecule has 1 saturated heterocycles. The predicted octanol–water partition coefficient (Wildman–Crippen LogP) is 2.05. The molecule has 3 unspecified atom stereocenters. The quantitative estimate of drug-likeness (QED) is 0.850. The first-order valence-corrected chi connectivity index (χ1v) is 7.75. The Balaban J connectivity index is 2.35. The Morgan fingerprint density at radius 3 is 2.44 bits per heavy atom. The number of sulfone groups is 1. The molecule has 0 spiro atoms. The van der Waals surface area contributed by atoms with Crippen molar-refractivity contribution in [3.63, 3.8) is 0 Å². The largest absolute Gasteiger partial charge is 0.309 e. The van der Waals surface area contributed by atoms with Crippen molar-refractivity contribution in [2.45, 2.75) is 36.8 Å². The molecule has 0 saturated carbocycles. The third-order valence-corrected chi connectivity index (χ3v) is 6.36. The maximum Gasteiger partial charge on any atom is 0.157 e. The maximum atomic E-state index is 12.9. The first kappa shape index (κ1) is 13.5. The van der Waals surface area contributed by atoms with Gasteiger partial charge in [0, 0.05) is 6.04 Å². The predicted molar refractivity (Wildman–Crippen MR) is 69.6 cm³/mol. The summed E-state index contributed by atoms with van der Waals surface area (Å²) in [4.78, 5) is 0. The summed E-state index contributed by atoms with van der Waals surface area (Å²) in [7, 11) is -3.14. The van der Waals surface area contributed by atoms with E-state index in [1.165, 1.54) is 12.1 Å². The van der Waals surface area contributed by atoms with Crippen LogP contribution in [0.25, 0.3) is 0 Å². The van der Waals surface area contributed by atoms with E-state index >= 15 is 0 Å². The van der Waals surface area contributed by atoms with Crippen LogP contribution in [0.3, 0.4) is 0 Å². The fourth-order valence-electron chi connectivity index (χ4n) is 2.39. The lowest BCUT2D eigenvalue weighted by Gasteiger charge is -2.23. The molecule has 1 heterocycles. The summed E-state index contributed by atoms with van der Waals surface area (Å²) in [6.07, 6.45) is 0.615. The first-order valence-electron chi connectivity index (χ1n) is 6.14. The molecule has 0 aromatic heterocycles. The zero-order chi connectivity index (χ0) is 13.3. The van der Waals surface area contributed by atoms with Gasteiger partial charge in [0.05, 0.1) is 10.5 Å². The molecule has 100 valence electrons. The van der Waals surface area contributed by atoms with Gasteiger partial charge >= 0.3 is 0 Å². The lowest BCUT2D eigenvalue weighted by molar-refractivity contribution is 0.518. The Labute approximate surface area is 107 Å². The number of halogens is 1. The standard InChI is InChI=1S/C13H18FNO2S/c1-9-7-8-15-13(10(2)18(9,16)17)11-3-5-12(14)6-4-11/h3-6,9-10,13,15H,7-8H2,1-2H3. The minimum Gasteiger partial charge on any atom is -0.309 e. The summed E-state index contributed by atoms with van der Waals surface area (Å²) in [5, 5.41) is 2.42. The van der Waals surface area contributed by atoms with Gasteiger partial charge in [-0.1, -0.05) is 12.1 Å². The van der Waals surface area contributed by atoms with Crippen LogP contribution in [0.5, 0.6) is 0 Å². The highest BCUT2D eigenvalue weighted by Crippen LogP contribution is 2.28. The summed E-state index contributed by atoms with van der Waals surface area (Å²) in [5.74, 6) is -0.309. The molecule has 1 fully saturated rings. The average Bonchev–Trinajstić information content (AvgIpc) is 2.43. The lowest BCUT2D eigenvalue weighted by Crippen LogP contribution is -2.34. The SMILES string of the molecule is CC1CCNC(c2ccc(F)cc2)C(C)S1(=O)=O. The van der Waals surface area contributed by atoms with Gasteiger partial charge in [0.25, 0.3) is 0 Å². The Morgan fingerprint density at radius 2 is 1.83 bits per heavy atom. The fraction of sp³-hybridized carbons (Fsp3) is 0.538. The molecule has 3 atom stereocenters. The molecular weight excluding hydrogens is 253 g/mol. The van der Waals surface area contributed by atoms with E-state index in [0.717, 1.165) is 5.56 Å². The Morgan fingerprint density at radius 1 is 1.22 bits per heavy atom. The van der Waals surface area contributed by atoms with E-state index in [9.17, 15) is 12.8 Å². The van der Waals surface area contributed by atoms with E-state index in [0.29, 0.717) is 13.0 Å². The van der Waals surface area contributed by atoms with E-state index in [1.54, 1.807) is 26.0 Å². The van der Waals surface area contributed by atoms with Crippen molar-refractivity contribution < 1.29 is 12.8 Å². The van der Waals surface area contributed by atoms with Crippen LogP contribution < -0.4 is 5.32 Å². The summed E-state index contributed by atoms with van der Waals surface area (Å²) in [5.41, 5.74) is 0.821. The highest BCUT2D eigenvalue weighted by atomic mass is 32.2. The normalized spacial score (nSPS) is 31.8. The van der Waals surface area contributed by atoms with Gasteiger partial charge in [-0.25, -0.2) is 12.8 Å². The van der Waals surface area contributed by atoms with Gasteiger partial charge in [0.2, 0.25) is 0 Å². The molecule has 0 amide bonds. The molecule has 1 aromatic rings. The molecule has 1 aliphatic heterocycles. The van der Waals surface area contributed by atoms with E-state index < -0.39 is 15.1 Å². The molecule has 18 heavy (non-hydrogen) atoms. The van der Waals surface area contributed by atoms with Crippen molar-refractivity contribution in [3.8, 4) is 0 Å². The van der Waals surface area contributed by atoms with Gasteiger partial charge in [-0.2, -0.15) is 0 Å². The van der Waals surface area contributed by atoms with Crippen LogP contribution in [0.2, 0.25) is 0 Å². The Hall–Kier alpha value is -0.940. The number of benzene rings is 1. The molecule has 5 heteroatoms. The Bertz CT molecular complexity index is 512. The van der Waals surface area contributed by atoms with Crippen molar-refractivity contribution in [2.24, 2.45) is 0 Å². The minimum atomic E-state index is -3.14. The molecule has 3 nitrogen and oxygen atoms in total. The van der Waals surface area contributed by atoms with E-state index in [-0.39, 0.29) is 17.1 Å². The molecule has 0 radical (unpaired) electrons. The number of nitrogens with one attached hydrogen (secondary N) is 1. The van der Waals surface area contributed by atoms with Gasteiger partial charge in [-0.05, 0) is 44.5 Å². The van der Waals surface area contributed by atoms with Crippen LogP contribution in [0.4, 0.5) is 4.39 Å². The molecule has 1 aromatic carbocycles. The lowest BCUT2D eigenvalue weighted by atomic mass is 10.0. The van der Waals surface area contributed by atoms with Gasteiger partial charge in [0.15, 0.2) is 9.84 Å². The van der Waals surface area contributed by atoms with E-state index in [4.69, 9.17) is 0 Å². The molecular formula is C13H18FNO2S. The van der Waals surface area contributed by atoms with Crippen LogP contribution >= 0.6 is 0 Å². The first-order chi connectivity index (χ1) is 8.43. The second-order valence-corrected chi connectivity index (χ2v) is 7.60. The molecule has 1 N–H and O–H groups in total. The van der Waals surface area contributed by atoms with E-state index in [1.807, 2.05) is 0 Å². The highest BCUT2D eigenvalue weighted by molar-refractivity contribution is 7.92. The topological polar surface area (TPSA) is 46.2 Å². The van der Waals surface area contributed by atoms with Gasteiger partial charge in [-0.3, -0.25) is 0 Å². The molecule has 0 aliphatic carbocycles. The Kier molecular flexibility index (Phi) is 3.73. The fourth-order valence-corrected chi connectivity index (χ4v) is 4.20. The minimum absolute atomic E-state index is 0.263. The number of hydrogen-bond donors (Lipinski definition) is 1. The van der Waals surface area contributed by atoms with Gasteiger partial charge in [-0.15, -0.1) is 0 Å². The third kappa shape index (κ3) is 2.42. The highest BCUT2D eigenvalue weighted by Gasteiger charge is 2.36. The second kappa shape index (κ2) is 4.97. The van der Waals surface area contributed by atoms with Crippen molar-refractivity contribution in [1.82, 2.24) is 5.32 Å². The molecule has 1 aliphatic rings. The van der Waals surface area contributed by atoms with Crippen molar-refractivity contribution in [2.75, 3.05) is 6.54 Å². The second-order valence-electron chi connectivity index (χ2n) is 4.88. The van der Waals surface area contributed by atoms with Gasteiger partial charge in [0.1, 0.15) is 5.82 Å². The van der Waals surface area contributed by atoms with Crippen molar-refractivity contribution in [3.05, 3.63) is 35.6 Å². The maximum absolute atomic E-state index is 12.9. The van der Waals surface area contributed by atoms with Crippen LogP contribution in [0.15, 0.2) is 24.3 Å². The number of rotatable bonds is 1. The van der Waals surface area contributed by atoms with Crippen molar-refractivity contribution >= 4 is 9.84 Å². The summed E-state index contributed by atoms with van der Waals surface area (Å²) in [6.45, 7) is 4.13. The van der Waals surface area contributed by atoms with Gasteiger partial charge < -0.3 is 5.32 Å². The molecule has 0 bridgehead atoms. The average molecular weight is 271 g/mol. The summed E-state index contributed by atoms with van der Waals surface area (Å²) in [6, 6.07) is 5.76. The smallest absolute Gasteiger partial charge is 0.157 e. The van der Waals surface area contributed by atoms with Crippen molar-refractivity contribution in [1.29, 1.82) is 0 Å². The summed E-state index contributed by atoms with van der Waals surface area (Å²) < 4.78 is 37.4. The zero-order valence-electron chi connectivity index (χ0n) is 10.6. The van der Waals surface area contributed by atoms with Crippen LogP contribution in [0, 0.1) is 5.82 Å². The summed E-state index contributed by atoms with van der Waals surface area (Å²) >= 11 is 0. The number of hydrogen-bond acceptors (Lipinski definition) is 3. The monoisotopic (exact) mass is 271 g/mol. The zero-order valence-corrected chi connectivity index (χ0v) is 11.4. The third-order valence-electron chi connectivity index (χ3n) is 3.69.